The van der Waals surface area contributed by atoms with E-state index in [1.165, 1.54) is 0 Å². The maximum absolute atomic E-state index is 12.1. The van der Waals surface area contributed by atoms with Crippen molar-refractivity contribution in [3.63, 3.8) is 0 Å². The van der Waals surface area contributed by atoms with E-state index in [-0.39, 0.29) is 11.8 Å². The van der Waals surface area contributed by atoms with Crippen molar-refractivity contribution in [3.8, 4) is 0 Å². The quantitative estimate of drug-likeness (QED) is 0.735. The van der Waals surface area contributed by atoms with Crippen LogP contribution in [0.2, 0.25) is 0 Å². The van der Waals surface area contributed by atoms with Gasteiger partial charge in [-0.25, -0.2) is 0 Å². The molecule has 2 rings (SSSR count). The molecule has 98 valence electrons. The van der Waals surface area contributed by atoms with Crippen molar-refractivity contribution in [2.45, 2.75) is 32.2 Å². The highest BCUT2D eigenvalue weighted by Crippen LogP contribution is 2.17. The van der Waals surface area contributed by atoms with Gasteiger partial charge < -0.3 is 15.5 Å². The van der Waals surface area contributed by atoms with Gasteiger partial charge >= 0.3 is 0 Å². The van der Waals surface area contributed by atoms with Crippen molar-refractivity contribution in [2.24, 2.45) is 11.8 Å². The van der Waals surface area contributed by atoms with Gasteiger partial charge in [0.05, 0.1) is 5.92 Å². The summed E-state index contributed by atoms with van der Waals surface area (Å²) in [4.78, 5) is 14.5. The fourth-order valence-corrected chi connectivity index (χ4v) is 2.94. The second-order valence-electron chi connectivity index (χ2n) is 5.69. The Morgan fingerprint density at radius 1 is 1.41 bits per heavy atom. The third-order valence-corrected chi connectivity index (χ3v) is 4.10. The van der Waals surface area contributed by atoms with Gasteiger partial charge in [-0.3, -0.25) is 4.79 Å². The average Bonchev–Trinajstić information content (AvgIpc) is 2.34. The first-order valence-corrected chi connectivity index (χ1v) is 6.86. The largest absolute Gasteiger partial charge is 0.353 e. The summed E-state index contributed by atoms with van der Waals surface area (Å²) in [6, 6.07) is 0.376. The molecule has 17 heavy (non-hydrogen) atoms. The molecule has 4 nitrogen and oxygen atoms in total. The van der Waals surface area contributed by atoms with Gasteiger partial charge in [0.25, 0.3) is 0 Å². The third kappa shape index (κ3) is 3.42. The first kappa shape index (κ1) is 12.8. The molecule has 1 amide bonds. The highest BCUT2D eigenvalue weighted by molar-refractivity contribution is 5.79. The summed E-state index contributed by atoms with van der Waals surface area (Å²) in [5, 5.41) is 6.56. The Kier molecular flexibility index (Phi) is 4.40. The van der Waals surface area contributed by atoms with Gasteiger partial charge in [0.1, 0.15) is 0 Å². The Morgan fingerprint density at radius 3 is 2.88 bits per heavy atom. The van der Waals surface area contributed by atoms with Crippen molar-refractivity contribution in [1.29, 1.82) is 0 Å². The van der Waals surface area contributed by atoms with Crippen molar-refractivity contribution in [3.05, 3.63) is 0 Å². The number of rotatable bonds is 2. The number of nitrogens with one attached hydrogen (secondary N) is 2. The minimum Gasteiger partial charge on any atom is -0.353 e. The molecule has 2 saturated heterocycles. The molecule has 2 fully saturated rings. The zero-order chi connectivity index (χ0) is 12.3. The number of carbonyl (C=O) groups excluding carboxylic acids is 1. The molecule has 0 aliphatic carbocycles. The zero-order valence-corrected chi connectivity index (χ0v) is 11.0. The van der Waals surface area contributed by atoms with Crippen molar-refractivity contribution in [2.75, 3.05) is 33.2 Å². The van der Waals surface area contributed by atoms with Gasteiger partial charge in [-0.05, 0) is 45.3 Å². The predicted octanol–water partition coefficient (Wildman–Crippen LogP) is 0.442. The smallest absolute Gasteiger partial charge is 0.224 e. The lowest BCUT2D eigenvalue weighted by molar-refractivity contribution is -0.126. The van der Waals surface area contributed by atoms with Crippen LogP contribution in [0.4, 0.5) is 0 Å². The Labute approximate surface area is 104 Å². The topological polar surface area (TPSA) is 44.4 Å². The van der Waals surface area contributed by atoms with Gasteiger partial charge in [0.2, 0.25) is 5.91 Å². The predicted molar refractivity (Wildman–Crippen MR) is 68.8 cm³/mol. The minimum absolute atomic E-state index is 0.190. The Balaban J connectivity index is 1.81. The second-order valence-corrected chi connectivity index (χ2v) is 5.69. The Bertz CT molecular complexity index is 263. The van der Waals surface area contributed by atoms with E-state index in [1.54, 1.807) is 0 Å². The van der Waals surface area contributed by atoms with E-state index in [4.69, 9.17) is 0 Å². The highest BCUT2D eigenvalue weighted by Gasteiger charge is 2.28. The molecule has 0 bridgehead atoms. The van der Waals surface area contributed by atoms with Crippen LogP contribution >= 0.6 is 0 Å². The van der Waals surface area contributed by atoms with Crippen LogP contribution in [0.15, 0.2) is 0 Å². The molecule has 0 radical (unpaired) electrons. The summed E-state index contributed by atoms with van der Waals surface area (Å²) in [5.74, 6) is 1.02. The molecule has 2 aliphatic heterocycles. The van der Waals surface area contributed by atoms with Crippen LogP contribution in [0.25, 0.3) is 0 Å². The maximum Gasteiger partial charge on any atom is 0.224 e. The van der Waals surface area contributed by atoms with E-state index in [0.717, 1.165) is 45.4 Å². The number of carbonyl (C=O) groups is 1. The number of likely N-dealkylation sites (tertiary alicyclic amines) is 1. The second kappa shape index (κ2) is 5.83. The standard InChI is InChI=1S/C13H25N3O/c1-10-9-16(2)7-5-12(10)15-13(17)11-4-3-6-14-8-11/h10-12,14H,3-9H2,1-2H3,(H,15,17)/t10?,11-,12?/m1/s1. The molecule has 0 spiro atoms. The number of hydrogen-bond acceptors (Lipinski definition) is 3. The SMILES string of the molecule is CC1CN(C)CCC1NC(=O)[C@@H]1CCCNC1. The number of piperidine rings is 2. The lowest BCUT2D eigenvalue weighted by Crippen LogP contribution is -2.51. The number of nitrogens with zero attached hydrogens (tertiary/aromatic N) is 1. The maximum atomic E-state index is 12.1. The summed E-state index contributed by atoms with van der Waals surface area (Å²) < 4.78 is 0. The van der Waals surface area contributed by atoms with Gasteiger partial charge in [-0.15, -0.1) is 0 Å². The average molecular weight is 239 g/mol. The molecule has 0 aromatic carbocycles. The van der Waals surface area contributed by atoms with Crippen LogP contribution < -0.4 is 10.6 Å². The van der Waals surface area contributed by atoms with Crippen LogP contribution in [-0.2, 0) is 4.79 Å². The molecule has 2 unspecified atom stereocenters. The normalized spacial score (nSPS) is 35.5. The molecule has 2 N–H and O–H groups in total. The Morgan fingerprint density at radius 2 is 2.24 bits per heavy atom. The minimum atomic E-state index is 0.190. The monoisotopic (exact) mass is 239 g/mol. The fraction of sp³-hybridized carbons (Fsp3) is 0.923. The highest BCUT2D eigenvalue weighted by atomic mass is 16.2. The van der Waals surface area contributed by atoms with Crippen molar-refractivity contribution >= 4 is 5.91 Å². The lowest BCUT2D eigenvalue weighted by Gasteiger charge is -2.36. The lowest BCUT2D eigenvalue weighted by atomic mass is 9.92. The molecular formula is C13H25N3O. The first-order chi connectivity index (χ1) is 8.16. The molecular weight excluding hydrogens is 214 g/mol. The van der Waals surface area contributed by atoms with E-state index in [0.29, 0.717) is 12.0 Å². The summed E-state index contributed by atoms with van der Waals surface area (Å²) in [6.07, 6.45) is 3.25. The van der Waals surface area contributed by atoms with E-state index < -0.39 is 0 Å². The Hall–Kier alpha value is -0.610. The van der Waals surface area contributed by atoms with Gasteiger partial charge in [-0.1, -0.05) is 6.92 Å². The van der Waals surface area contributed by atoms with E-state index in [9.17, 15) is 4.79 Å². The van der Waals surface area contributed by atoms with Gasteiger partial charge in [0.15, 0.2) is 0 Å². The van der Waals surface area contributed by atoms with Gasteiger partial charge in [0, 0.05) is 19.1 Å². The summed E-state index contributed by atoms with van der Waals surface area (Å²) >= 11 is 0. The van der Waals surface area contributed by atoms with Gasteiger partial charge in [-0.2, -0.15) is 0 Å². The van der Waals surface area contributed by atoms with Crippen LogP contribution in [0.3, 0.4) is 0 Å². The number of hydrogen-bond donors (Lipinski definition) is 2. The van der Waals surface area contributed by atoms with Crippen molar-refractivity contribution < 1.29 is 4.79 Å². The van der Waals surface area contributed by atoms with Crippen LogP contribution in [0.5, 0.6) is 0 Å². The molecule has 0 aromatic heterocycles. The summed E-state index contributed by atoms with van der Waals surface area (Å²) in [5.41, 5.74) is 0. The molecule has 0 aromatic rings. The van der Waals surface area contributed by atoms with Crippen LogP contribution in [-0.4, -0.2) is 50.1 Å². The molecule has 3 atom stereocenters. The van der Waals surface area contributed by atoms with E-state index in [1.807, 2.05) is 0 Å². The first-order valence-electron chi connectivity index (χ1n) is 6.86. The van der Waals surface area contributed by atoms with Crippen LogP contribution in [0, 0.1) is 11.8 Å². The molecule has 2 aliphatic rings. The van der Waals surface area contributed by atoms with E-state index in [2.05, 4.69) is 29.5 Å². The third-order valence-electron chi connectivity index (χ3n) is 4.10. The molecule has 4 heteroatoms. The molecule has 2 heterocycles. The molecule has 0 saturated carbocycles. The zero-order valence-electron chi connectivity index (χ0n) is 11.0. The van der Waals surface area contributed by atoms with E-state index >= 15 is 0 Å². The summed E-state index contributed by atoms with van der Waals surface area (Å²) in [6.45, 7) is 6.34. The summed E-state index contributed by atoms with van der Waals surface area (Å²) in [7, 11) is 2.15. The van der Waals surface area contributed by atoms with Crippen LogP contribution in [0.1, 0.15) is 26.2 Å². The van der Waals surface area contributed by atoms with Crippen molar-refractivity contribution in [1.82, 2.24) is 15.5 Å². The number of amides is 1. The fourth-order valence-electron chi connectivity index (χ4n) is 2.94.